The van der Waals surface area contributed by atoms with Gasteiger partial charge in [-0.2, -0.15) is 0 Å². The van der Waals surface area contributed by atoms with Crippen LogP contribution >= 0.6 is 0 Å². The number of nitrogens with one attached hydrogen (secondary N) is 1. The summed E-state index contributed by atoms with van der Waals surface area (Å²) in [7, 11) is 0. The van der Waals surface area contributed by atoms with Crippen molar-refractivity contribution in [3.8, 4) is 0 Å². The number of ketones is 1. The van der Waals surface area contributed by atoms with E-state index in [-0.39, 0.29) is 11.7 Å². The smallest absolute Gasteiger partial charge is 0.324 e. The third kappa shape index (κ3) is 4.53. The number of carbonyl (C=O) groups is 4. The molecule has 2 aromatic rings. The minimum atomic E-state index is -1.53. The summed E-state index contributed by atoms with van der Waals surface area (Å²) in [5.74, 6) is -3.77. The van der Waals surface area contributed by atoms with E-state index in [4.69, 9.17) is 0 Å². The number of rotatable bonds is 7. The molecule has 4 atom stereocenters. The molecule has 2 N–H and O–H groups in total. The molecular weight excluding hydrogens is 468 g/mol. The summed E-state index contributed by atoms with van der Waals surface area (Å²) >= 11 is 0. The molecular formula is C30H32N2O5. The Morgan fingerprint density at radius 1 is 1.00 bits per heavy atom. The van der Waals surface area contributed by atoms with Crippen molar-refractivity contribution in [2.24, 2.45) is 17.8 Å². The molecule has 5 rings (SSSR count). The number of imide groups is 1. The number of fused-ring (bicyclic) bond motifs is 1. The fraction of sp³-hybridized carbons (Fsp3) is 0.400. The number of carboxylic acid groups (broad SMARTS) is 1. The first-order valence-corrected chi connectivity index (χ1v) is 13.0. The van der Waals surface area contributed by atoms with Crippen LogP contribution in [0.15, 0.2) is 60.7 Å². The van der Waals surface area contributed by atoms with Gasteiger partial charge in [0.25, 0.3) is 0 Å². The van der Waals surface area contributed by atoms with Crippen LogP contribution in [0.25, 0.3) is 6.08 Å². The van der Waals surface area contributed by atoms with Gasteiger partial charge in [0, 0.05) is 11.6 Å². The fourth-order valence-electron chi connectivity index (χ4n) is 6.41. The lowest BCUT2D eigenvalue weighted by molar-refractivity contribution is -0.150. The van der Waals surface area contributed by atoms with Gasteiger partial charge in [0.1, 0.15) is 5.54 Å². The van der Waals surface area contributed by atoms with Crippen LogP contribution in [0, 0.1) is 17.8 Å². The zero-order valence-electron chi connectivity index (χ0n) is 20.9. The Kier molecular flexibility index (Phi) is 6.82. The second-order valence-electron chi connectivity index (χ2n) is 10.5. The van der Waals surface area contributed by atoms with Gasteiger partial charge in [-0.25, -0.2) is 4.90 Å². The van der Waals surface area contributed by atoms with Gasteiger partial charge in [0.05, 0.1) is 17.5 Å². The highest BCUT2D eigenvalue weighted by atomic mass is 16.4. The molecule has 37 heavy (non-hydrogen) atoms. The number of carboxylic acids is 1. The molecule has 0 spiro atoms. The van der Waals surface area contributed by atoms with Crippen molar-refractivity contribution in [2.45, 2.75) is 57.0 Å². The number of hydrogen-bond acceptors (Lipinski definition) is 5. The molecule has 4 unspecified atom stereocenters. The summed E-state index contributed by atoms with van der Waals surface area (Å²) < 4.78 is 0. The molecule has 7 heteroatoms. The highest BCUT2D eigenvalue weighted by Crippen LogP contribution is 2.48. The number of hydrogen-bond donors (Lipinski definition) is 2. The Morgan fingerprint density at radius 2 is 1.68 bits per heavy atom. The zero-order valence-corrected chi connectivity index (χ0v) is 20.9. The number of anilines is 1. The lowest BCUT2D eigenvalue weighted by Gasteiger charge is -2.35. The third-order valence-electron chi connectivity index (χ3n) is 8.24. The number of amides is 2. The number of benzene rings is 2. The summed E-state index contributed by atoms with van der Waals surface area (Å²) in [5.41, 5.74) is 0.233. The van der Waals surface area contributed by atoms with E-state index in [0.29, 0.717) is 17.7 Å². The van der Waals surface area contributed by atoms with E-state index in [1.807, 2.05) is 42.5 Å². The Morgan fingerprint density at radius 3 is 2.30 bits per heavy atom. The summed E-state index contributed by atoms with van der Waals surface area (Å²) in [6.07, 6.45) is 9.10. The van der Waals surface area contributed by atoms with Crippen molar-refractivity contribution in [1.29, 1.82) is 0 Å². The SMILES string of the molecule is CC(=O)c1ccc(N2C(=O)C3C(C=Cc4ccccc4)NC(CC4CCCCC4)(C(=O)O)C3C2=O)cc1. The van der Waals surface area contributed by atoms with Crippen LogP contribution in [0.2, 0.25) is 0 Å². The van der Waals surface area contributed by atoms with Gasteiger partial charge in [-0.05, 0) is 49.1 Å². The molecule has 7 nitrogen and oxygen atoms in total. The predicted octanol–water partition coefficient (Wildman–Crippen LogP) is 4.47. The van der Waals surface area contributed by atoms with Crippen LogP contribution in [0.4, 0.5) is 5.69 Å². The van der Waals surface area contributed by atoms with E-state index in [1.54, 1.807) is 24.3 Å². The van der Waals surface area contributed by atoms with E-state index in [9.17, 15) is 24.3 Å². The average molecular weight is 501 g/mol. The van der Waals surface area contributed by atoms with Gasteiger partial charge < -0.3 is 5.11 Å². The Bertz CT molecular complexity index is 1230. The first kappa shape index (κ1) is 25.1. The molecule has 1 saturated carbocycles. The standard InChI is InChI=1S/C30H32N2O5/c1-19(33)22-13-15-23(16-14-22)32-27(34)25-24(17-12-20-8-4-2-5-9-20)31-30(29(36)37,26(25)28(32)35)18-21-10-6-3-7-11-21/h2,4-5,8-9,12-17,21,24-26,31H,3,6-7,10-11,18H2,1H3,(H,36,37). The Labute approximate surface area is 216 Å². The van der Waals surface area contributed by atoms with Crippen molar-refractivity contribution in [3.05, 3.63) is 71.8 Å². The van der Waals surface area contributed by atoms with Crippen molar-refractivity contribution < 1.29 is 24.3 Å². The fourth-order valence-corrected chi connectivity index (χ4v) is 6.41. The second-order valence-corrected chi connectivity index (χ2v) is 10.5. The van der Waals surface area contributed by atoms with Crippen LogP contribution in [-0.2, 0) is 14.4 Å². The summed E-state index contributed by atoms with van der Waals surface area (Å²) in [6, 6.07) is 15.3. The monoisotopic (exact) mass is 500 g/mol. The highest BCUT2D eigenvalue weighted by Gasteiger charge is 2.68. The van der Waals surface area contributed by atoms with E-state index in [2.05, 4.69) is 5.32 Å². The Balaban J connectivity index is 1.54. The molecule has 2 aromatic carbocycles. The van der Waals surface area contributed by atoms with Gasteiger partial charge in [-0.1, -0.05) is 74.6 Å². The minimum absolute atomic E-state index is 0.116. The van der Waals surface area contributed by atoms with Gasteiger partial charge in [-0.3, -0.25) is 24.5 Å². The van der Waals surface area contributed by atoms with Crippen molar-refractivity contribution in [3.63, 3.8) is 0 Å². The summed E-state index contributed by atoms with van der Waals surface area (Å²) in [5, 5.41) is 13.9. The third-order valence-corrected chi connectivity index (χ3v) is 8.24. The number of carbonyl (C=O) groups excluding carboxylic acids is 3. The lowest BCUT2D eigenvalue weighted by Crippen LogP contribution is -2.57. The maximum absolute atomic E-state index is 13.9. The molecule has 0 bridgehead atoms. The Hall–Kier alpha value is -3.58. The number of nitrogens with zero attached hydrogens (tertiary/aromatic N) is 1. The van der Waals surface area contributed by atoms with E-state index < -0.39 is 41.2 Å². The first-order valence-electron chi connectivity index (χ1n) is 13.0. The largest absolute Gasteiger partial charge is 0.480 e. The molecule has 3 aliphatic rings. The molecule has 2 heterocycles. The van der Waals surface area contributed by atoms with E-state index in [1.165, 1.54) is 6.92 Å². The van der Waals surface area contributed by atoms with Crippen LogP contribution in [-0.4, -0.2) is 40.3 Å². The van der Waals surface area contributed by atoms with Crippen LogP contribution < -0.4 is 10.2 Å². The van der Waals surface area contributed by atoms with Gasteiger partial charge in [0.15, 0.2) is 5.78 Å². The molecule has 2 saturated heterocycles. The van der Waals surface area contributed by atoms with Crippen LogP contribution in [0.1, 0.15) is 61.4 Å². The normalized spacial score (nSPS) is 28.1. The van der Waals surface area contributed by atoms with E-state index in [0.717, 1.165) is 42.6 Å². The molecule has 192 valence electrons. The van der Waals surface area contributed by atoms with Crippen molar-refractivity contribution in [1.82, 2.24) is 5.32 Å². The number of Topliss-reactive ketones (excluding diaryl/α,β-unsaturated/α-hetero) is 1. The quantitative estimate of drug-likeness (QED) is 0.429. The molecule has 2 aliphatic heterocycles. The summed E-state index contributed by atoms with van der Waals surface area (Å²) in [6.45, 7) is 1.45. The molecule has 0 aromatic heterocycles. The molecule has 3 fully saturated rings. The van der Waals surface area contributed by atoms with Gasteiger partial charge in [-0.15, -0.1) is 0 Å². The zero-order chi connectivity index (χ0) is 26.2. The summed E-state index contributed by atoms with van der Waals surface area (Å²) in [4.78, 5) is 53.5. The van der Waals surface area contributed by atoms with Gasteiger partial charge in [0.2, 0.25) is 11.8 Å². The van der Waals surface area contributed by atoms with Gasteiger partial charge >= 0.3 is 5.97 Å². The molecule has 0 radical (unpaired) electrons. The van der Waals surface area contributed by atoms with Crippen LogP contribution in [0.5, 0.6) is 0 Å². The number of aliphatic carboxylic acids is 1. The maximum Gasteiger partial charge on any atom is 0.324 e. The second kappa shape index (κ2) is 10.1. The maximum atomic E-state index is 13.9. The lowest BCUT2D eigenvalue weighted by atomic mass is 9.72. The first-order chi connectivity index (χ1) is 17.8. The highest BCUT2D eigenvalue weighted by molar-refractivity contribution is 6.24. The molecule has 2 amide bonds. The van der Waals surface area contributed by atoms with Crippen molar-refractivity contribution >= 4 is 35.3 Å². The predicted molar refractivity (Wildman–Crippen MR) is 140 cm³/mol. The average Bonchev–Trinajstić information content (AvgIpc) is 3.37. The van der Waals surface area contributed by atoms with Crippen molar-refractivity contribution in [2.75, 3.05) is 4.90 Å². The minimum Gasteiger partial charge on any atom is -0.480 e. The van der Waals surface area contributed by atoms with E-state index >= 15 is 0 Å². The topological polar surface area (TPSA) is 104 Å². The van der Waals surface area contributed by atoms with Crippen LogP contribution in [0.3, 0.4) is 0 Å². The molecule has 1 aliphatic carbocycles.